The molecule has 26 heavy (non-hydrogen) atoms. The van der Waals surface area contributed by atoms with Crippen molar-refractivity contribution in [1.82, 2.24) is 14.9 Å². The molecule has 0 aliphatic carbocycles. The fourth-order valence-corrected chi connectivity index (χ4v) is 3.43. The minimum Gasteiger partial charge on any atom is -0.478 e. The standard InChI is InChI=1S/C20H25N3O3/c1-14-21-18(15-6-8-23(9-7-15)10-11-26-2)13-19(22-14)16-4-3-5-17(12-16)20(24)25/h3-5,12-13,15H,6-11H2,1-2H3,(H,24,25). The fourth-order valence-electron chi connectivity index (χ4n) is 3.43. The van der Waals surface area contributed by atoms with Gasteiger partial charge < -0.3 is 14.7 Å². The van der Waals surface area contributed by atoms with Crippen LogP contribution in [0.1, 0.15) is 40.6 Å². The van der Waals surface area contributed by atoms with Crippen LogP contribution in [0.5, 0.6) is 0 Å². The van der Waals surface area contributed by atoms with Crippen molar-refractivity contribution in [2.24, 2.45) is 0 Å². The lowest BCUT2D eigenvalue weighted by Crippen LogP contribution is -2.35. The molecule has 0 bridgehead atoms. The number of carboxylic acids is 1. The molecule has 1 aromatic carbocycles. The maximum absolute atomic E-state index is 11.2. The number of carboxylic acid groups (broad SMARTS) is 1. The van der Waals surface area contributed by atoms with Gasteiger partial charge in [-0.1, -0.05) is 12.1 Å². The highest BCUT2D eigenvalue weighted by Gasteiger charge is 2.22. The Morgan fingerprint density at radius 2 is 2.04 bits per heavy atom. The average Bonchev–Trinajstić information content (AvgIpc) is 2.66. The minimum atomic E-state index is -0.929. The maximum Gasteiger partial charge on any atom is 0.335 e. The van der Waals surface area contributed by atoms with E-state index in [2.05, 4.69) is 14.9 Å². The van der Waals surface area contributed by atoms with E-state index in [1.807, 2.05) is 19.1 Å². The van der Waals surface area contributed by atoms with Crippen LogP contribution in [0.15, 0.2) is 30.3 Å². The quantitative estimate of drug-likeness (QED) is 0.858. The molecular formula is C20H25N3O3. The van der Waals surface area contributed by atoms with E-state index in [0.29, 0.717) is 5.92 Å². The molecule has 0 radical (unpaired) electrons. The summed E-state index contributed by atoms with van der Waals surface area (Å²) in [6.07, 6.45) is 2.13. The SMILES string of the molecule is COCCN1CCC(c2cc(-c3cccc(C(=O)O)c3)nc(C)n2)CC1. The molecule has 2 heterocycles. The lowest BCUT2D eigenvalue weighted by molar-refractivity contribution is 0.0697. The number of carbonyl (C=O) groups is 1. The highest BCUT2D eigenvalue weighted by atomic mass is 16.5. The Kier molecular flexibility index (Phi) is 5.96. The normalized spacial score (nSPS) is 15.9. The van der Waals surface area contributed by atoms with Crippen LogP contribution < -0.4 is 0 Å². The van der Waals surface area contributed by atoms with Crippen molar-refractivity contribution in [2.75, 3.05) is 33.4 Å². The summed E-state index contributed by atoms with van der Waals surface area (Å²) in [4.78, 5) is 22.8. The van der Waals surface area contributed by atoms with Crippen molar-refractivity contribution >= 4 is 5.97 Å². The van der Waals surface area contributed by atoms with Gasteiger partial charge in [0.05, 0.1) is 17.9 Å². The van der Waals surface area contributed by atoms with E-state index in [-0.39, 0.29) is 5.56 Å². The Morgan fingerprint density at radius 3 is 2.73 bits per heavy atom. The zero-order chi connectivity index (χ0) is 18.5. The van der Waals surface area contributed by atoms with Crippen molar-refractivity contribution in [3.63, 3.8) is 0 Å². The van der Waals surface area contributed by atoms with E-state index < -0.39 is 5.97 Å². The summed E-state index contributed by atoms with van der Waals surface area (Å²) in [6.45, 7) is 5.71. The van der Waals surface area contributed by atoms with Gasteiger partial charge in [0.1, 0.15) is 5.82 Å². The monoisotopic (exact) mass is 355 g/mol. The number of methoxy groups -OCH3 is 1. The third-order valence-corrected chi connectivity index (χ3v) is 4.88. The molecule has 1 N–H and O–H groups in total. The molecule has 1 aliphatic heterocycles. The van der Waals surface area contributed by atoms with E-state index in [4.69, 9.17) is 4.74 Å². The number of rotatable bonds is 6. The van der Waals surface area contributed by atoms with E-state index in [1.54, 1.807) is 25.3 Å². The molecule has 1 saturated heterocycles. The summed E-state index contributed by atoms with van der Waals surface area (Å²) in [5, 5.41) is 9.21. The first-order valence-electron chi connectivity index (χ1n) is 8.97. The molecule has 1 fully saturated rings. The van der Waals surface area contributed by atoms with E-state index in [0.717, 1.165) is 61.9 Å². The van der Waals surface area contributed by atoms with Crippen LogP contribution in [-0.2, 0) is 4.74 Å². The molecule has 138 valence electrons. The van der Waals surface area contributed by atoms with Crippen molar-refractivity contribution < 1.29 is 14.6 Å². The van der Waals surface area contributed by atoms with Crippen molar-refractivity contribution in [3.8, 4) is 11.3 Å². The number of aromatic nitrogens is 2. The Labute approximate surface area is 153 Å². The van der Waals surface area contributed by atoms with Crippen LogP contribution in [0.3, 0.4) is 0 Å². The van der Waals surface area contributed by atoms with Gasteiger partial charge in [0, 0.05) is 30.8 Å². The molecular weight excluding hydrogens is 330 g/mol. The van der Waals surface area contributed by atoms with Crippen LogP contribution in [-0.4, -0.2) is 59.3 Å². The Bertz CT molecular complexity index is 771. The Hall–Kier alpha value is -2.31. The van der Waals surface area contributed by atoms with Gasteiger partial charge in [-0.05, 0) is 51.1 Å². The second-order valence-corrected chi connectivity index (χ2v) is 6.72. The number of ether oxygens (including phenoxy) is 1. The number of hydrogen-bond acceptors (Lipinski definition) is 5. The van der Waals surface area contributed by atoms with Gasteiger partial charge >= 0.3 is 5.97 Å². The number of likely N-dealkylation sites (tertiary alicyclic amines) is 1. The topological polar surface area (TPSA) is 75.5 Å². The molecule has 1 aromatic heterocycles. The zero-order valence-corrected chi connectivity index (χ0v) is 15.3. The molecule has 0 saturated carbocycles. The van der Waals surface area contributed by atoms with E-state index in [1.165, 1.54) is 0 Å². The van der Waals surface area contributed by atoms with Crippen LogP contribution in [0.25, 0.3) is 11.3 Å². The van der Waals surface area contributed by atoms with Gasteiger partial charge in [-0.25, -0.2) is 14.8 Å². The predicted molar refractivity (Wildman–Crippen MR) is 99.5 cm³/mol. The maximum atomic E-state index is 11.2. The summed E-state index contributed by atoms with van der Waals surface area (Å²) in [5.41, 5.74) is 2.93. The van der Waals surface area contributed by atoms with E-state index >= 15 is 0 Å². The van der Waals surface area contributed by atoms with Crippen LogP contribution in [0.2, 0.25) is 0 Å². The molecule has 0 unspecified atom stereocenters. The lowest BCUT2D eigenvalue weighted by atomic mass is 9.92. The number of aromatic carboxylic acids is 1. The second-order valence-electron chi connectivity index (χ2n) is 6.72. The summed E-state index contributed by atoms with van der Waals surface area (Å²) in [7, 11) is 1.73. The Morgan fingerprint density at radius 1 is 1.27 bits per heavy atom. The molecule has 6 heteroatoms. The highest BCUT2D eigenvalue weighted by Crippen LogP contribution is 2.29. The first-order chi connectivity index (χ1) is 12.6. The third kappa shape index (κ3) is 4.45. The number of nitrogens with zero attached hydrogens (tertiary/aromatic N) is 3. The number of hydrogen-bond donors (Lipinski definition) is 1. The van der Waals surface area contributed by atoms with Gasteiger partial charge in [-0.2, -0.15) is 0 Å². The lowest BCUT2D eigenvalue weighted by Gasteiger charge is -2.31. The number of aryl methyl sites for hydroxylation is 1. The molecule has 2 aromatic rings. The minimum absolute atomic E-state index is 0.270. The van der Waals surface area contributed by atoms with Gasteiger partial charge in [0.2, 0.25) is 0 Å². The summed E-state index contributed by atoms with van der Waals surface area (Å²) < 4.78 is 5.16. The largest absolute Gasteiger partial charge is 0.478 e. The van der Waals surface area contributed by atoms with Gasteiger partial charge in [-0.15, -0.1) is 0 Å². The van der Waals surface area contributed by atoms with Crippen LogP contribution in [0, 0.1) is 6.92 Å². The third-order valence-electron chi connectivity index (χ3n) is 4.88. The van der Waals surface area contributed by atoms with Crippen molar-refractivity contribution in [1.29, 1.82) is 0 Å². The molecule has 6 nitrogen and oxygen atoms in total. The molecule has 0 spiro atoms. The summed E-state index contributed by atoms with van der Waals surface area (Å²) in [5.74, 6) is 0.207. The van der Waals surface area contributed by atoms with Crippen LogP contribution in [0.4, 0.5) is 0 Å². The van der Waals surface area contributed by atoms with E-state index in [9.17, 15) is 9.90 Å². The number of piperidine rings is 1. The first-order valence-corrected chi connectivity index (χ1v) is 8.97. The molecule has 1 aliphatic rings. The van der Waals surface area contributed by atoms with Crippen molar-refractivity contribution in [2.45, 2.75) is 25.7 Å². The van der Waals surface area contributed by atoms with Crippen LogP contribution >= 0.6 is 0 Å². The fraction of sp³-hybridized carbons (Fsp3) is 0.450. The van der Waals surface area contributed by atoms with Crippen molar-refractivity contribution in [3.05, 3.63) is 47.4 Å². The van der Waals surface area contributed by atoms with Gasteiger partial charge in [-0.3, -0.25) is 0 Å². The first kappa shape index (κ1) is 18.5. The smallest absolute Gasteiger partial charge is 0.335 e. The second kappa shape index (κ2) is 8.38. The average molecular weight is 355 g/mol. The molecule has 0 atom stereocenters. The van der Waals surface area contributed by atoms with Gasteiger partial charge in [0.25, 0.3) is 0 Å². The predicted octanol–water partition coefficient (Wildman–Crippen LogP) is 2.98. The molecule has 3 rings (SSSR count). The van der Waals surface area contributed by atoms with Gasteiger partial charge in [0.15, 0.2) is 0 Å². The Balaban J connectivity index is 1.78. The molecule has 0 amide bonds. The summed E-state index contributed by atoms with van der Waals surface area (Å²) in [6, 6.07) is 8.93. The zero-order valence-electron chi connectivity index (χ0n) is 15.3. The number of benzene rings is 1. The summed E-state index contributed by atoms with van der Waals surface area (Å²) >= 11 is 0. The highest BCUT2D eigenvalue weighted by molar-refractivity contribution is 5.89.